The van der Waals surface area contributed by atoms with E-state index in [2.05, 4.69) is 10.3 Å². The van der Waals surface area contributed by atoms with Crippen molar-refractivity contribution in [2.75, 3.05) is 20.1 Å². The van der Waals surface area contributed by atoms with Crippen LogP contribution in [0, 0.1) is 0 Å². The molecule has 0 fully saturated rings. The Morgan fingerprint density at radius 2 is 2.05 bits per heavy atom. The standard InChI is InChI=1S/C15H16ClN3O2/c1-3-17-14(20)9-19(2)15(21)13-8-11(16)10-6-4-5-7-12(10)18-13/h4-8H,3,9H2,1-2H3,(H,17,20). The number of pyridine rings is 1. The van der Waals surface area contributed by atoms with Crippen LogP contribution < -0.4 is 5.32 Å². The normalized spacial score (nSPS) is 10.4. The zero-order valence-electron chi connectivity index (χ0n) is 11.9. The molecule has 1 heterocycles. The van der Waals surface area contributed by atoms with Crippen molar-refractivity contribution in [3.63, 3.8) is 0 Å². The average Bonchev–Trinajstić information content (AvgIpc) is 2.46. The fourth-order valence-electron chi connectivity index (χ4n) is 1.98. The summed E-state index contributed by atoms with van der Waals surface area (Å²) < 4.78 is 0. The first-order valence-corrected chi connectivity index (χ1v) is 6.98. The maximum absolute atomic E-state index is 12.3. The van der Waals surface area contributed by atoms with Crippen molar-refractivity contribution >= 4 is 34.3 Å². The largest absolute Gasteiger partial charge is 0.355 e. The number of fused-ring (bicyclic) bond motifs is 1. The lowest BCUT2D eigenvalue weighted by Gasteiger charge is -2.16. The Balaban J connectivity index is 2.25. The van der Waals surface area contributed by atoms with Crippen molar-refractivity contribution in [3.05, 3.63) is 41.0 Å². The van der Waals surface area contributed by atoms with Gasteiger partial charge in [-0.1, -0.05) is 29.8 Å². The molecule has 0 bridgehead atoms. The number of halogens is 1. The van der Waals surface area contributed by atoms with Crippen molar-refractivity contribution in [2.24, 2.45) is 0 Å². The van der Waals surface area contributed by atoms with Gasteiger partial charge < -0.3 is 10.2 Å². The molecule has 1 aromatic carbocycles. The lowest BCUT2D eigenvalue weighted by atomic mass is 10.2. The van der Waals surface area contributed by atoms with Gasteiger partial charge in [-0.25, -0.2) is 4.98 Å². The number of hydrogen-bond donors (Lipinski definition) is 1. The number of amides is 2. The number of carbonyl (C=O) groups is 2. The van der Waals surface area contributed by atoms with E-state index in [0.29, 0.717) is 17.1 Å². The Bertz CT molecular complexity index is 688. The first kappa shape index (κ1) is 15.3. The molecule has 2 aromatic rings. The van der Waals surface area contributed by atoms with Gasteiger partial charge in [0.25, 0.3) is 5.91 Å². The molecule has 2 amide bonds. The van der Waals surface area contributed by atoms with Crippen LogP contribution in [0.1, 0.15) is 17.4 Å². The Hall–Kier alpha value is -2.14. The van der Waals surface area contributed by atoms with E-state index in [1.807, 2.05) is 25.1 Å². The van der Waals surface area contributed by atoms with Gasteiger partial charge in [0.1, 0.15) is 5.69 Å². The maximum Gasteiger partial charge on any atom is 0.272 e. The summed E-state index contributed by atoms with van der Waals surface area (Å²) in [6, 6.07) is 8.86. The van der Waals surface area contributed by atoms with E-state index in [4.69, 9.17) is 11.6 Å². The highest BCUT2D eigenvalue weighted by Crippen LogP contribution is 2.23. The Morgan fingerprint density at radius 1 is 1.33 bits per heavy atom. The molecule has 21 heavy (non-hydrogen) atoms. The molecule has 0 aliphatic heterocycles. The highest BCUT2D eigenvalue weighted by molar-refractivity contribution is 6.35. The number of benzene rings is 1. The number of aromatic nitrogens is 1. The molecule has 5 nitrogen and oxygen atoms in total. The molecule has 0 aliphatic carbocycles. The van der Waals surface area contributed by atoms with Gasteiger partial charge in [-0.15, -0.1) is 0 Å². The van der Waals surface area contributed by atoms with Crippen molar-refractivity contribution in [1.82, 2.24) is 15.2 Å². The average molecular weight is 306 g/mol. The summed E-state index contributed by atoms with van der Waals surface area (Å²) in [7, 11) is 1.56. The van der Waals surface area contributed by atoms with Crippen molar-refractivity contribution in [1.29, 1.82) is 0 Å². The van der Waals surface area contributed by atoms with E-state index < -0.39 is 0 Å². The monoisotopic (exact) mass is 305 g/mol. The first-order valence-electron chi connectivity index (χ1n) is 6.60. The number of carbonyl (C=O) groups excluding carboxylic acids is 2. The number of nitrogens with one attached hydrogen (secondary N) is 1. The number of hydrogen-bond acceptors (Lipinski definition) is 3. The smallest absolute Gasteiger partial charge is 0.272 e. The second-order valence-corrected chi connectivity index (χ2v) is 5.03. The van der Waals surface area contributed by atoms with Gasteiger partial charge in [-0.05, 0) is 19.1 Å². The Kier molecular flexibility index (Phi) is 4.75. The molecule has 0 saturated heterocycles. The van der Waals surface area contributed by atoms with Crippen LogP contribution in [0.15, 0.2) is 30.3 Å². The van der Waals surface area contributed by atoms with Crippen LogP contribution >= 0.6 is 11.6 Å². The summed E-state index contributed by atoms with van der Waals surface area (Å²) in [5.74, 6) is -0.547. The molecule has 0 radical (unpaired) electrons. The number of nitrogens with zero attached hydrogens (tertiary/aromatic N) is 2. The quantitative estimate of drug-likeness (QED) is 0.941. The van der Waals surface area contributed by atoms with Crippen molar-refractivity contribution in [3.8, 4) is 0 Å². The van der Waals surface area contributed by atoms with E-state index in [0.717, 1.165) is 5.39 Å². The van der Waals surface area contributed by atoms with Crippen LogP contribution in [0.5, 0.6) is 0 Å². The minimum atomic E-state index is -0.339. The topological polar surface area (TPSA) is 62.3 Å². The van der Waals surface area contributed by atoms with E-state index in [1.54, 1.807) is 13.1 Å². The van der Waals surface area contributed by atoms with Gasteiger partial charge in [0, 0.05) is 19.0 Å². The molecule has 1 aromatic heterocycles. The number of rotatable bonds is 4. The van der Waals surface area contributed by atoms with Crippen LogP contribution in [-0.4, -0.2) is 41.8 Å². The van der Waals surface area contributed by atoms with Crippen LogP contribution in [0.4, 0.5) is 0 Å². The minimum Gasteiger partial charge on any atom is -0.355 e. The fraction of sp³-hybridized carbons (Fsp3) is 0.267. The van der Waals surface area contributed by atoms with E-state index in [9.17, 15) is 9.59 Å². The van der Waals surface area contributed by atoms with E-state index >= 15 is 0 Å². The number of para-hydroxylation sites is 1. The SMILES string of the molecule is CCNC(=O)CN(C)C(=O)c1cc(Cl)c2ccccc2n1. The second-order valence-electron chi connectivity index (χ2n) is 4.62. The molecule has 6 heteroatoms. The third-order valence-corrected chi connectivity index (χ3v) is 3.30. The van der Waals surface area contributed by atoms with Crippen LogP contribution in [0.3, 0.4) is 0 Å². The zero-order valence-corrected chi connectivity index (χ0v) is 12.6. The summed E-state index contributed by atoms with van der Waals surface area (Å²) >= 11 is 6.18. The molecule has 0 aliphatic rings. The summed E-state index contributed by atoms with van der Waals surface area (Å²) in [4.78, 5) is 29.4. The predicted molar refractivity (Wildman–Crippen MR) is 82.4 cm³/mol. The molecule has 110 valence electrons. The Morgan fingerprint density at radius 3 is 2.76 bits per heavy atom. The summed E-state index contributed by atoms with van der Waals surface area (Å²) in [5.41, 5.74) is 0.880. The second kappa shape index (κ2) is 6.54. The van der Waals surface area contributed by atoms with Gasteiger partial charge in [-0.2, -0.15) is 0 Å². The van der Waals surface area contributed by atoms with E-state index in [1.165, 1.54) is 11.0 Å². The lowest BCUT2D eigenvalue weighted by Crippen LogP contribution is -2.38. The van der Waals surface area contributed by atoms with Gasteiger partial charge >= 0.3 is 0 Å². The van der Waals surface area contributed by atoms with Gasteiger partial charge in [0.2, 0.25) is 5.91 Å². The van der Waals surface area contributed by atoms with Gasteiger partial charge in [-0.3, -0.25) is 9.59 Å². The fourth-order valence-corrected chi connectivity index (χ4v) is 2.24. The highest BCUT2D eigenvalue weighted by Gasteiger charge is 2.17. The minimum absolute atomic E-state index is 0.0151. The van der Waals surface area contributed by atoms with E-state index in [-0.39, 0.29) is 24.1 Å². The predicted octanol–water partition coefficient (Wildman–Crippen LogP) is 2.10. The Labute approximate surface area is 127 Å². The number of likely N-dealkylation sites (N-methyl/N-ethyl adjacent to an activating group) is 2. The van der Waals surface area contributed by atoms with Crippen LogP contribution in [-0.2, 0) is 4.79 Å². The molecule has 2 rings (SSSR count). The highest BCUT2D eigenvalue weighted by atomic mass is 35.5. The summed E-state index contributed by atoms with van der Waals surface area (Å²) in [6.45, 7) is 2.34. The van der Waals surface area contributed by atoms with Crippen LogP contribution in [0.2, 0.25) is 5.02 Å². The third kappa shape index (κ3) is 3.49. The summed E-state index contributed by atoms with van der Waals surface area (Å²) in [5, 5.41) is 3.91. The first-order chi connectivity index (χ1) is 10.0. The molecule has 0 spiro atoms. The maximum atomic E-state index is 12.3. The van der Waals surface area contributed by atoms with Crippen molar-refractivity contribution < 1.29 is 9.59 Å². The molecule has 0 atom stereocenters. The molecular formula is C15H16ClN3O2. The lowest BCUT2D eigenvalue weighted by molar-refractivity contribution is -0.121. The molecule has 0 unspecified atom stereocenters. The van der Waals surface area contributed by atoms with Crippen LogP contribution in [0.25, 0.3) is 10.9 Å². The molecule has 1 N–H and O–H groups in total. The summed E-state index contributed by atoms with van der Waals surface area (Å²) in [6.07, 6.45) is 0. The van der Waals surface area contributed by atoms with Crippen molar-refractivity contribution in [2.45, 2.75) is 6.92 Å². The van der Waals surface area contributed by atoms with Gasteiger partial charge in [0.05, 0.1) is 17.1 Å². The zero-order chi connectivity index (χ0) is 15.4. The molecule has 0 saturated carbocycles. The molecular weight excluding hydrogens is 290 g/mol. The third-order valence-electron chi connectivity index (χ3n) is 2.99. The van der Waals surface area contributed by atoms with Gasteiger partial charge in [0.15, 0.2) is 0 Å².